The zero-order valence-electron chi connectivity index (χ0n) is 27.9. The van der Waals surface area contributed by atoms with Gasteiger partial charge in [-0.3, -0.25) is 9.30 Å². The maximum absolute atomic E-state index is 12.6. The number of rotatable bonds is 10. The summed E-state index contributed by atoms with van der Waals surface area (Å²) < 4.78 is 45.6. The number of ether oxygens (including phenoxy) is 1. The van der Waals surface area contributed by atoms with Crippen LogP contribution in [0.2, 0.25) is 0 Å². The van der Waals surface area contributed by atoms with Crippen molar-refractivity contribution in [2.75, 3.05) is 18.0 Å². The van der Waals surface area contributed by atoms with Gasteiger partial charge in [0.1, 0.15) is 6.33 Å². The molecule has 0 amide bonds. The lowest BCUT2D eigenvalue weighted by molar-refractivity contribution is -0.343. The number of nitrogens with zero attached hydrogens (tertiary/aromatic N) is 7. The third kappa shape index (κ3) is 7.92. The van der Waals surface area contributed by atoms with Gasteiger partial charge in [0.15, 0.2) is 5.82 Å². The van der Waals surface area contributed by atoms with Crippen LogP contribution in [0.3, 0.4) is 0 Å². The molecule has 49 heavy (non-hydrogen) atoms. The minimum Gasteiger partial charge on any atom is -0.372 e. The largest absolute Gasteiger partial charge is 0.522 e. The van der Waals surface area contributed by atoms with Crippen molar-refractivity contribution in [2.45, 2.75) is 59.4 Å². The van der Waals surface area contributed by atoms with Gasteiger partial charge in [-0.05, 0) is 81.3 Å². The first-order valence-electron chi connectivity index (χ1n) is 16.3. The molecule has 6 rings (SSSR count). The van der Waals surface area contributed by atoms with Crippen LogP contribution >= 0.6 is 11.3 Å². The molecule has 8 nitrogen and oxygen atoms in total. The molecule has 0 aliphatic heterocycles. The molecule has 3 aromatic carbocycles. The van der Waals surface area contributed by atoms with E-state index < -0.39 is 12.5 Å². The number of anilines is 1. The smallest absolute Gasteiger partial charge is 0.372 e. The highest BCUT2D eigenvalue weighted by atomic mass is 32.1. The van der Waals surface area contributed by atoms with Gasteiger partial charge in [-0.25, -0.2) is 9.67 Å². The zero-order chi connectivity index (χ0) is 34.5. The van der Waals surface area contributed by atoms with E-state index in [1.54, 1.807) is 34.6 Å². The molecule has 0 saturated carbocycles. The summed E-state index contributed by atoms with van der Waals surface area (Å²) in [5, 5.41) is 15.8. The fraction of sp³-hybridized carbons (Fsp3) is 0.297. The number of halogens is 3. The van der Waals surface area contributed by atoms with E-state index in [9.17, 15) is 13.2 Å². The predicted octanol–water partition coefficient (Wildman–Crippen LogP) is 8.79. The second-order valence-corrected chi connectivity index (χ2v) is 12.7. The number of hydrogen-bond acceptors (Lipinski definition) is 7. The van der Waals surface area contributed by atoms with Crippen molar-refractivity contribution in [1.29, 1.82) is 0 Å². The molecule has 2 aromatic heterocycles. The molecule has 1 aliphatic carbocycles. The van der Waals surface area contributed by atoms with Crippen molar-refractivity contribution < 1.29 is 17.9 Å². The average molecular weight is 686 g/mol. The number of benzene rings is 3. The van der Waals surface area contributed by atoms with Gasteiger partial charge in [-0.2, -0.15) is 5.10 Å². The second-order valence-electron chi connectivity index (χ2n) is 11.8. The lowest BCUT2D eigenvalue weighted by Crippen LogP contribution is -2.25. The molecule has 0 fully saturated rings. The average Bonchev–Trinajstić information content (AvgIpc) is 3.74. The molecule has 1 atom stereocenters. The predicted molar refractivity (Wildman–Crippen MR) is 190 cm³/mol. The van der Waals surface area contributed by atoms with Crippen LogP contribution in [0.1, 0.15) is 49.8 Å². The molecule has 1 aliphatic rings. The minimum atomic E-state index is -4.63. The summed E-state index contributed by atoms with van der Waals surface area (Å²) in [7, 11) is 0. The van der Waals surface area contributed by atoms with Crippen LogP contribution in [0.5, 0.6) is 0 Å². The molecule has 12 heteroatoms. The Bertz CT molecular complexity index is 2000. The second kappa shape index (κ2) is 14.8. The Morgan fingerprint density at radius 2 is 1.67 bits per heavy atom. The van der Waals surface area contributed by atoms with E-state index in [4.69, 9.17) is 0 Å². The van der Waals surface area contributed by atoms with E-state index in [2.05, 4.69) is 110 Å². The molecule has 0 spiro atoms. The van der Waals surface area contributed by atoms with Crippen molar-refractivity contribution in [2.24, 2.45) is 10.2 Å². The fourth-order valence-electron chi connectivity index (χ4n) is 6.09. The summed E-state index contributed by atoms with van der Waals surface area (Å²) in [4.78, 5) is 7.51. The molecule has 0 bridgehead atoms. The van der Waals surface area contributed by atoms with Crippen LogP contribution in [0.25, 0.3) is 34.0 Å². The third-order valence-electron chi connectivity index (χ3n) is 8.61. The van der Waals surface area contributed by atoms with E-state index >= 15 is 0 Å². The van der Waals surface area contributed by atoms with Crippen molar-refractivity contribution in [1.82, 2.24) is 19.3 Å². The van der Waals surface area contributed by atoms with Crippen molar-refractivity contribution >= 4 is 28.9 Å². The van der Waals surface area contributed by atoms with Gasteiger partial charge in [0.25, 0.3) is 0 Å². The van der Waals surface area contributed by atoms with Crippen molar-refractivity contribution in [3.63, 3.8) is 0 Å². The van der Waals surface area contributed by atoms with Gasteiger partial charge in [-0.15, -0.1) is 34.7 Å². The zero-order valence-corrected chi connectivity index (χ0v) is 28.7. The molecule has 0 radical (unpaired) electrons. The number of aromatic nitrogens is 4. The summed E-state index contributed by atoms with van der Waals surface area (Å²) >= 11 is 1.55. The topological polar surface area (TPSA) is 72.8 Å². The SMILES string of the molecule is CCN(CC)c1ccc(-c2cs/c(=N\N=C/c3ccc(-c4ncn(C5=CCC(OC(F)(F)F)CC5)n4)cc3)n2-c2c(C)cccc2C)cc1. The summed E-state index contributed by atoms with van der Waals surface area (Å²) in [6.45, 7) is 10.5. The first kappa shape index (κ1) is 34.1. The van der Waals surface area contributed by atoms with Crippen LogP contribution in [-0.4, -0.2) is 51.1 Å². The molecule has 254 valence electrons. The molecule has 2 heterocycles. The number of alkyl halides is 3. The summed E-state index contributed by atoms with van der Waals surface area (Å²) in [6, 6.07) is 22.6. The molecule has 0 saturated heterocycles. The first-order valence-corrected chi connectivity index (χ1v) is 17.2. The van der Waals surface area contributed by atoms with Gasteiger partial charge in [0, 0.05) is 35.4 Å². The van der Waals surface area contributed by atoms with Crippen LogP contribution in [0, 0.1) is 13.8 Å². The molecular weight excluding hydrogens is 648 g/mol. The summed E-state index contributed by atoms with van der Waals surface area (Å²) in [6.07, 6.45) is 0.379. The van der Waals surface area contributed by atoms with Crippen LogP contribution in [0.4, 0.5) is 18.9 Å². The van der Waals surface area contributed by atoms with E-state index in [1.165, 1.54) is 5.69 Å². The van der Waals surface area contributed by atoms with E-state index in [1.807, 2.05) is 24.3 Å². The third-order valence-corrected chi connectivity index (χ3v) is 9.42. The number of para-hydroxylation sites is 1. The number of hydrogen-bond donors (Lipinski definition) is 0. The monoisotopic (exact) mass is 685 g/mol. The number of thiazole rings is 1. The Morgan fingerprint density at radius 3 is 2.31 bits per heavy atom. The molecule has 1 unspecified atom stereocenters. The molecule has 5 aromatic rings. The van der Waals surface area contributed by atoms with Gasteiger partial charge in [0.2, 0.25) is 4.80 Å². The Kier molecular flexibility index (Phi) is 10.3. The standard InChI is InChI=1S/C37H38F3N7OS/c1-5-45(6-2)30-16-14-28(15-17-30)33-23-49-36(47(33)34-25(3)8-7-9-26(34)4)43-42-22-27-10-12-29(13-11-27)35-41-24-46(44-35)31-18-20-32(21-19-31)48-37(38,39)40/h7-18,22-24,32H,5-6,19-21H2,1-4H3/b42-22-,43-36-. The molecular formula is C37H38F3N7OS. The van der Waals surface area contributed by atoms with Crippen LogP contribution < -0.4 is 9.70 Å². The fourth-order valence-corrected chi connectivity index (χ4v) is 6.93. The van der Waals surface area contributed by atoms with E-state index in [-0.39, 0.29) is 12.8 Å². The van der Waals surface area contributed by atoms with Crippen molar-refractivity contribution in [3.8, 4) is 28.3 Å². The normalized spacial score (nSPS) is 15.6. The highest BCUT2D eigenvalue weighted by molar-refractivity contribution is 7.07. The number of aryl methyl sites for hydroxylation is 2. The highest BCUT2D eigenvalue weighted by Gasteiger charge is 2.34. The van der Waals surface area contributed by atoms with Crippen LogP contribution in [0.15, 0.2) is 94.7 Å². The lowest BCUT2D eigenvalue weighted by atomic mass is 10.0. The Hall–Kier alpha value is -4.81. The van der Waals surface area contributed by atoms with E-state index in [0.29, 0.717) is 12.2 Å². The Morgan fingerprint density at radius 1 is 0.980 bits per heavy atom. The maximum Gasteiger partial charge on any atom is 0.522 e. The highest BCUT2D eigenvalue weighted by Crippen LogP contribution is 2.30. The maximum atomic E-state index is 12.6. The molecule has 0 N–H and O–H groups in total. The number of allylic oxidation sites excluding steroid dienone is 1. The Labute approximate surface area is 287 Å². The van der Waals surface area contributed by atoms with Gasteiger partial charge >= 0.3 is 6.36 Å². The van der Waals surface area contributed by atoms with Crippen LogP contribution in [-0.2, 0) is 4.74 Å². The summed E-state index contributed by atoms with van der Waals surface area (Å²) in [5.74, 6) is 0.522. The van der Waals surface area contributed by atoms with Gasteiger partial charge in [-0.1, -0.05) is 60.7 Å². The van der Waals surface area contributed by atoms with Gasteiger partial charge in [0.05, 0.1) is 23.7 Å². The lowest BCUT2D eigenvalue weighted by Gasteiger charge is -2.22. The van der Waals surface area contributed by atoms with E-state index in [0.717, 1.165) is 62.8 Å². The quantitative estimate of drug-likeness (QED) is 0.109. The van der Waals surface area contributed by atoms with Crippen molar-refractivity contribution in [3.05, 3.63) is 106 Å². The van der Waals surface area contributed by atoms with Gasteiger partial charge < -0.3 is 4.90 Å². The summed E-state index contributed by atoms with van der Waals surface area (Å²) in [5.41, 5.74) is 9.22. The minimum absolute atomic E-state index is 0.171. The first-order chi connectivity index (χ1) is 23.6. The Balaban J connectivity index is 1.22.